The van der Waals surface area contributed by atoms with Gasteiger partial charge in [-0.05, 0) is 47.3 Å². The van der Waals surface area contributed by atoms with Gasteiger partial charge in [0.25, 0.3) is 0 Å². The van der Waals surface area contributed by atoms with E-state index in [2.05, 4.69) is 46.5 Å². The standard InChI is InChI=1S/C11H18BrNS/c1-3-4-5-7-13-9(2)11-10(12)6-8-14-11/h6,8-9,13H,3-5,7H2,1-2H3. The topological polar surface area (TPSA) is 12.0 Å². The molecule has 0 amide bonds. The molecule has 0 fully saturated rings. The zero-order chi connectivity index (χ0) is 10.4. The maximum absolute atomic E-state index is 3.56. The summed E-state index contributed by atoms with van der Waals surface area (Å²) in [5.74, 6) is 0. The fourth-order valence-electron chi connectivity index (χ4n) is 1.40. The number of unbranched alkanes of at least 4 members (excludes halogenated alkanes) is 2. The van der Waals surface area contributed by atoms with Crippen LogP contribution in [0.3, 0.4) is 0 Å². The third-order valence-electron chi connectivity index (χ3n) is 2.27. The minimum atomic E-state index is 0.473. The molecule has 0 aromatic carbocycles. The quantitative estimate of drug-likeness (QED) is 0.762. The van der Waals surface area contributed by atoms with Crippen molar-refractivity contribution in [3.8, 4) is 0 Å². The summed E-state index contributed by atoms with van der Waals surface area (Å²) >= 11 is 5.37. The molecular formula is C11H18BrNS. The Morgan fingerprint density at radius 3 is 2.86 bits per heavy atom. The minimum Gasteiger partial charge on any atom is -0.309 e. The predicted molar refractivity (Wildman–Crippen MR) is 68.0 cm³/mol. The lowest BCUT2D eigenvalue weighted by Crippen LogP contribution is -2.19. The fraction of sp³-hybridized carbons (Fsp3) is 0.636. The first kappa shape index (κ1) is 12.2. The number of hydrogen-bond donors (Lipinski definition) is 1. The molecule has 1 aromatic heterocycles. The summed E-state index contributed by atoms with van der Waals surface area (Å²) in [4.78, 5) is 1.40. The van der Waals surface area contributed by atoms with Gasteiger partial charge in [-0.1, -0.05) is 19.8 Å². The smallest absolute Gasteiger partial charge is 0.0397 e. The summed E-state index contributed by atoms with van der Waals surface area (Å²) in [5.41, 5.74) is 0. The van der Waals surface area contributed by atoms with Gasteiger partial charge in [-0.25, -0.2) is 0 Å². The van der Waals surface area contributed by atoms with Crippen molar-refractivity contribution >= 4 is 27.3 Å². The molecule has 1 aromatic rings. The molecule has 0 aliphatic heterocycles. The molecule has 0 saturated carbocycles. The van der Waals surface area contributed by atoms with Gasteiger partial charge in [0.15, 0.2) is 0 Å². The van der Waals surface area contributed by atoms with Crippen molar-refractivity contribution in [1.82, 2.24) is 5.32 Å². The van der Waals surface area contributed by atoms with Crippen LogP contribution in [0.5, 0.6) is 0 Å². The molecule has 3 heteroatoms. The number of hydrogen-bond acceptors (Lipinski definition) is 2. The molecule has 0 bridgehead atoms. The zero-order valence-electron chi connectivity index (χ0n) is 8.85. The summed E-state index contributed by atoms with van der Waals surface area (Å²) in [6.45, 7) is 5.58. The van der Waals surface area contributed by atoms with E-state index in [1.165, 1.54) is 28.6 Å². The Bertz CT molecular complexity index is 260. The average Bonchev–Trinajstić information content (AvgIpc) is 2.59. The Labute approximate surface area is 99.0 Å². The first-order valence-corrected chi connectivity index (χ1v) is 6.89. The van der Waals surface area contributed by atoms with Crippen LogP contribution in [0, 0.1) is 0 Å². The summed E-state index contributed by atoms with van der Waals surface area (Å²) in [6.07, 6.45) is 3.90. The van der Waals surface area contributed by atoms with Crippen molar-refractivity contribution in [3.05, 3.63) is 20.8 Å². The first-order chi connectivity index (χ1) is 6.75. The number of rotatable bonds is 6. The highest BCUT2D eigenvalue weighted by Crippen LogP contribution is 2.28. The van der Waals surface area contributed by atoms with Crippen LogP contribution in [0.25, 0.3) is 0 Å². The van der Waals surface area contributed by atoms with E-state index in [4.69, 9.17) is 0 Å². The lowest BCUT2D eigenvalue weighted by Gasteiger charge is -2.12. The molecule has 0 saturated heterocycles. The van der Waals surface area contributed by atoms with Crippen molar-refractivity contribution < 1.29 is 0 Å². The normalized spacial score (nSPS) is 13.1. The molecule has 1 nitrogen and oxygen atoms in total. The van der Waals surface area contributed by atoms with Gasteiger partial charge in [0.05, 0.1) is 0 Å². The summed E-state index contributed by atoms with van der Waals surface area (Å²) < 4.78 is 1.23. The Kier molecular flexibility index (Phi) is 5.75. The van der Waals surface area contributed by atoms with E-state index in [0.717, 1.165) is 6.54 Å². The Hall–Kier alpha value is 0.140. The molecule has 80 valence electrons. The molecule has 1 unspecified atom stereocenters. The Morgan fingerprint density at radius 1 is 1.50 bits per heavy atom. The maximum Gasteiger partial charge on any atom is 0.0397 e. The summed E-state index contributed by atoms with van der Waals surface area (Å²) in [6, 6.07) is 2.59. The van der Waals surface area contributed by atoms with Crippen molar-refractivity contribution in [2.45, 2.75) is 39.2 Å². The summed E-state index contributed by atoms with van der Waals surface area (Å²) in [7, 11) is 0. The van der Waals surface area contributed by atoms with Crippen LogP contribution in [0.2, 0.25) is 0 Å². The van der Waals surface area contributed by atoms with E-state index in [0.29, 0.717) is 6.04 Å². The molecule has 1 N–H and O–H groups in total. The highest BCUT2D eigenvalue weighted by atomic mass is 79.9. The van der Waals surface area contributed by atoms with Gasteiger partial charge in [-0.15, -0.1) is 11.3 Å². The highest BCUT2D eigenvalue weighted by Gasteiger charge is 2.09. The average molecular weight is 276 g/mol. The third kappa shape index (κ3) is 3.71. The van der Waals surface area contributed by atoms with Gasteiger partial charge in [0.2, 0.25) is 0 Å². The molecule has 1 rings (SSSR count). The van der Waals surface area contributed by atoms with Crippen molar-refractivity contribution in [2.24, 2.45) is 0 Å². The van der Waals surface area contributed by atoms with Crippen LogP contribution in [-0.2, 0) is 0 Å². The Balaban J connectivity index is 2.28. The lowest BCUT2D eigenvalue weighted by atomic mass is 10.2. The highest BCUT2D eigenvalue weighted by molar-refractivity contribution is 9.10. The first-order valence-electron chi connectivity index (χ1n) is 5.22. The second kappa shape index (κ2) is 6.59. The SMILES string of the molecule is CCCCCNC(C)c1sccc1Br. The van der Waals surface area contributed by atoms with E-state index >= 15 is 0 Å². The van der Waals surface area contributed by atoms with E-state index in [1.54, 1.807) is 0 Å². The third-order valence-corrected chi connectivity index (χ3v) is 4.32. The second-order valence-electron chi connectivity index (χ2n) is 3.52. The largest absolute Gasteiger partial charge is 0.309 e. The molecule has 0 aliphatic carbocycles. The van der Waals surface area contributed by atoms with Crippen LogP contribution in [0.15, 0.2) is 15.9 Å². The van der Waals surface area contributed by atoms with Gasteiger partial charge < -0.3 is 5.32 Å². The van der Waals surface area contributed by atoms with Gasteiger partial charge in [-0.3, -0.25) is 0 Å². The van der Waals surface area contributed by atoms with Crippen LogP contribution in [-0.4, -0.2) is 6.54 Å². The second-order valence-corrected chi connectivity index (χ2v) is 5.32. The fourth-order valence-corrected chi connectivity index (χ4v) is 3.15. The zero-order valence-corrected chi connectivity index (χ0v) is 11.2. The predicted octanol–water partition coefficient (Wildman–Crippen LogP) is 4.35. The molecule has 0 aliphatic rings. The molecular weight excluding hydrogens is 258 g/mol. The lowest BCUT2D eigenvalue weighted by molar-refractivity contribution is 0.548. The molecule has 0 radical (unpaired) electrons. The Morgan fingerprint density at radius 2 is 2.29 bits per heavy atom. The summed E-state index contributed by atoms with van der Waals surface area (Å²) in [5, 5.41) is 5.67. The monoisotopic (exact) mass is 275 g/mol. The number of thiophene rings is 1. The van der Waals surface area contributed by atoms with E-state index in [-0.39, 0.29) is 0 Å². The van der Waals surface area contributed by atoms with E-state index in [9.17, 15) is 0 Å². The number of halogens is 1. The molecule has 0 spiro atoms. The number of nitrogens with one attached hydrogen (secondary N) is 1. The van der Waals surface area contributed by atoms with Crippen LogP contribution < -0.4 is 5.32 Å². The van der Waals surface area contributed by atoms with Crippen molar-refractivity contribution in [1.29, 1.82) is 0 Å². The van der Waals surface area contributed by atoms with Gasteiger partial charge in [0, 0.05) is 15.4 Å². The van der Waals surface area contributed by atoms with Crippen molar-refractivity contribution in [2.75, 3.05) is 6.54 Å². The van der Waals surface area contributed by atoms with Crippen LogP contribution in [0.1, 0.15) is 44.0 Å². The molecule has 1 atom stereocenters. The van der Waals surface area contributed by atoms with E-state index < -0.39 is 0 Å². The van der Waals surface area contributed by atoms with E-state index in [1.807, 2.05) is 11.3 Å². The molecule has 1 heterocycles. The maximum atomic E-state index is 3.56. The van der Waals surface area contributed by atoms with Gasteiger partial charge in [-0.2, -0.15) is 0 Å². The molecule has 14 heavy (non-hydrogen) atoms. The van der Waals surface area contributed by atoms with Gasteiger partial charge >= 0.3 is 0 Å². The van der Waals surface area contributed by atoms with Crippen LogP contribution >= 0.6 is 27.3 Å². The minimum absolute atomic E-state index is 0.473. The van der Waals surface area contributed by atoms with Gasteiger partial charge in [0.1, 0.15) is 0 Å². The van der Waals surface area contributed by atoms with Crippen LogP contribution in [0.4, 0.5) is 0 Å². The van der Waals surface area contributed by atoms with Crippen molar-refractivity contribution in [3.63, 3.8) is 0 Å².